The van der Waals surface area contributed by atoms with E-state index >= 15 is 0 Å². The van der Waals surface area contributed by atoms with Crippen molar-refractivity contribution in [1.82, 2.24) is 9.36 Å². The molecule has 112 valence electrons. The van der Waals surface area contributed by atoms with Crippen molar-refractivity contribution in [2.24, 2.45) is 0 Å². The van der Waals surface area contributed by atoms with Crippen LogP contribution in [0.5, 0.6) is 0 Å². The van der Waals surface area contributed by atoms with E-state index < -0.39 is 0 Å². The summed E-state index contributed by atoms with van der Waals surface area (Å²) in [6.45, 7) is 4.35. The molecule has 0 aliphatic heterocycles. The van der Waals surface area contributed by atoms with Crippen molar-refractivity contribution < 1.29 is 4.79 Å². The average molecular weight is 304 g/mol. The van der Waals surface area contributed by atoms with E-state index in [2.05, 4.69) is 21.6 Å². The van der Waals surface area contributed by atoms with Gasteiger partial charge < -0.3 is 10.2 Å². The third-order valence-corrected chi connectivity index (χ3v) is 4.02. The molecule has 1 N–H and O–H groups in total. The third-order valence-electron chi connectivity index (χ3n) is 3.15. The van der Waals surface area contributed by atoms with Gasteiger partial charge in [0.2, 0.25) is 11.0 Å². The molecule has 0 radical (unpaired) electrons. The van der Waals surface area contributed by atoms with E-state index in [-0.39, 0.29) is 12.5 Å². The van der Waals surface area contributed by atoms with E-state index in [1.807, 2.05) is 43.1 Å². The second-order valence-corrected chi connectivity index (χ2v) is 5.49. The Kier molecular flexibility index (Phi) is 5.27. The quantitative estimate of drug-likeness (QED) is 0.891. The van der Waals surface area contributed by atoms with Gasteiger partial charge in [0.25, 0.3) is 0 Å². The van der Waals surface area contributed by atoms with Gasteiger partial charge in [0, 0.05) is 30.7 Å². The number of likely N-dealkylation sites (N-methyl/N-ethyl adjacent to an activating group) is 1. The van der Waals surface area contributed by atoms with Crippen LogP contribution in [0.3, 0.4) is 0 Å². The number of nitrogens with zero attached hydrogens (tertiary/aromatic N) is 3. The molecule has 0 atom stereocenters. The summed E-state index contributed by atoms with van der Waals surface area (Å²) in [6.07, 6.45) is 1.70. The van der Waals surface area contributed by atoms with Crippen LogP contribution in [0, 0.1) is 0 Å². The molecular formula is C15H20N4OS. The predicted molar refractivity (Wildman–Crippen MR) is 87.0 cm³/mol. The first-order valence-corrected chi connectivity index (χ1v) is 7.82. The molecule has 0 saturated heterocycles. The minimum atomic E-state index is -0.0494. The standard InChI is InChI=1S/C15H20N4OS/c1-4-11-8-6-7-9-12(11)16-14(20)10-19(3)15-17-13(5-2)18-21-15/h6-9H,4-5,10H2,1-3H3,(H,16,20). The SMILES string of the molecule is CCc1nsc(N(C)CC(=O)Nc2ccccc2CC)n1. The second-order valence-electron chi connectivity index (χ2n) is 4.76. The minimum absolute atomic E-state index is 0.0494. The first-order chi connectivity index (χ1) is 10.1. The normalized spacial score (nSPS) is 10.4. The van der Waals surface area contributed by atoms with Crippen LogP contribution in [0.4, 0.5) is 10.8 Å². The van der Waals surface area contributed by atoms with Crippen LogP contribution in [-0.4, -0.2) is 28.9 Å². The van der Waals surface area contributed by atoms with Crippen molar-refractivity contribution >= 4 is 28.3 Å². The molecule has 1 aromatic carbocycles. The van der Waals surface area contributed by atoms with Gasteiger partial charge >= 0.3 is 0 Å². The van der Waals surface area contributed by atoms with E-state index in [0.29, 0.717) is 0 Å². The largest absolute Gasteiger partial charge is 0.341 e. The van der Waals surface area contributed by atoms with Crippen LogP contribution in [0.15, 0.2) is 24.3 Å². The lowest BCUT2D eigenvalue weighted by Gasteiger charge is -2.15. The number of carbonyl (C=O) groups is 1. The lowest BCUT2D eigenvalue weighted by Crippen LogP contribution is -2.30. The Bertz CT molecular complexity index is 611. The van der Waals surface area contributed by atoms with E-state index in [4.69, 9.17) is 0 Å². The summed E-state index contributed by atoms with van der Waals surface area (Å²) in [5.41, 5.74) is 2.02. The zero-order valence-electron chi connectivity index (χ0n) is 12.6. The van der Waals surface area contributed by atoms with Gasteiger partial charge in [-0.05, 0) is 18.1 Å². The number of aromatic nitrogens is 2. The van der Waals surface area contributed by atoms with E-state index in [1.54, 1.807) is 0 Å². The highest BCUT2D eigenvalue weighted by molar-refractivity contribution is 7.09. The van der Waals surface area contributed by atoms with Gasteiger partial charge in [-0.15, -0.1) is 0 Å². The average Bonchev–Trinajstić information content (AvgIpc) is 2.96. The number of hydrogen-bond acceptors (Lipinski definition) is 5. The Morgan fingerprint density at radius 2 is 2.05 bits per heavy atom. The molecule has 1 amide bonds. The Morgan fingerprint density at radius 3 is 2.71 bits per heavy atom. The number of aryl methyl sites for hydroxylation is 2. The van der Waals surface area contributed by atoms with Gasteiger partial charge in [-0.25, -0.2) is 4.98 Å². The summed E-state index contributed by atoms with van der Waals surface area (Å²) >= 11 is 1.32. The Morgan fingerprint density at radius 1 is 1.29 bits per heavy atom. The minimum Gasteiger partial charge on any atom is -0.341 e. The third kappa shape index (κ3) is 4.01. The maximum absolute atomic E-state index is 12.1. The van der Waals surface area contributed by atoms with Gasteiger partial charge in [0.15, 0.2) is 0 Å². The molecule has 5 nitrogen and oxygen atoms in total. The van der Waals surface area contributed by atoms with Crippen molar-refractivity contribution in [2.75, 3.05) is 23.8 Å². The van der Waals surface area contributed by atoms with E-state index in [1.165, 1.54) is 11.5 Å². The van der Waals surface area contributed by atoms with Crippen molar-refractivity contribution in [3.8, 4) is 0 Å². The highest BCUT2D eigenvalue weighted by atomic mass is 32.1. The summed E-state index contributed by atoms with van der Waals surface area (Å²) in [6, 6.07) is 7.86. The molecule has 0 bridgehead atoms. The summed E-state index contributed by atoms with van der Waals surface area (Å²) in [4.78, 5) is 18.3. The first kappa shape index (κ1) is 15.4. The topological polar surface area (TPSA) is 58.1 Å². The zero-order chi connectivity index (χ0) is 15.2. The molecule has 0 spiro atoms. The van der Waals surface area contributed by atoms with Crippen LogP contribution in [-0.2, 0) is 17.6 Å². The molecule has 1 aromatic heterocycles. The molecule has 0 aliphatic rings. The lowest BCUT2D eigenvalue weighted by molar-refractivity contribution is -0.114. The number of para-hydroxylation sites is 1. The predicted octanol–water partition coefficient (Wildman–Crippen LogP) is 2.74. The van der Waals surface area contributed by atoms with Crippen LogP contribution in [0.25, 0.3) is 0 Å². The smallest absolute Gasteiger partial charge is 0.243 e. The summed E-state index contributed by atoms with van der Waals surface area (Å²) in [5.74, 6) is 0.769. The lowest BCUT2D eigenvalue weighted by atomic mass is 10.1. The highest BCUT2D eigenvalue weighted by Crippen LogP contribution is 2.17. The maximum Gasteiger partial charge on any atom is 0.243 e. The number of benzene rings is 1. The number of anilines is 2. The van der Waals surface area contributed by atoms with Crippen LogP contribution in [0.1, 0.15) is 25.2 Å². The molecule has 21 heavy (non-hydrogen) atoms. The van der Waals surface area contributed by atoms with Gasteiger partial charge in [0.05, 0.1) is 6.54 Å². The van der Waals surface area contributed by atoms with Gasteiger partial charge in [0.1, 0.15) is 5.82 Å². The van der Waals surface area contributed by atoms with Crippen molar-refractivity contribution in [3.05, 3.63) is 35.7 Å². The second kappa shape index (κ2) is 7.17. The van der Waals surface area contributed by atoms with Crippen LogP contribution in [0.2, 0.25) is 0 Å². The number of hydrogen-bond donors (Lipinski definition) is 1. The van der Waals surface area contributed by atoms with Crippen LogP contribution < -0.4 is 10.2 Å². The van der Waals surface area contributed by atoms with E-state index in [0.717, 1.165) is 35.0 Å². The van der Waals surface area contributed by atoms with Crippen molar-refractivity contribution in [3.63, 3.8) is 0 Å². The number of nitrogens with one attached hydrogen (secondary N) is 1. The molecule has 1 heterocycles. The molecule has 0 unspecified atom stereocenters. The van der Waals surface area contributed by atoms with Gasteiger partial charge in [-0.1, -0.05) is 32.0 Å². The fourth-order valence-corrected chi connectivity index (χ4v) is 2.67. The molecule has 2 aromatic rings. The summed E-state index contributed by atoms with van der Waals surface area (Å²) in [5, 5.41) is 3.73. The number of rotatable bonds is 6. The maximum atomic E-state index is 12.1. The van der Waals surface area contributed by atoms with Gasteiger partial charge in [-0.3, -0.25) is 4.79 Å². The monoisotopic (exact) mass is 304 g/mol. The first-order valence-electron chi connectivity index (χ1n) is 7.05. The van der Waals surface area contributed by atoms with Crippen molar-refractivity contribution in [1.29, 1.82) is 0 Å². The molecule has 6 heteroatoms. The molecule has 2 rings (SSSR count). The zero-order valence-corrected chi connectivity index (χ0v) is 13.4. The van der Waals surface area contributed by atoms with Gasteiger partial charge in [-0.2, -0.15) is 4.37 Å². The fourth-order valence-electron chi connectivity index (χ4n) is 1.97. The fraction of sp³-hybridized carbons (Fsp3) is 0.400. The molecule has 0 saturated carbocycles. The Hall–Kier alpha value is -1.95. The molecular weight excluding hydrogens is 284 g/mol. The summed E-state index contributed by atoms with van der Waals surface area (Å²) in [7, 11) is 1.85. The Labute approximate surface area is 129 Å². The van der Waals surface area contributed by atoms with Crippen LogP contribution >= 0.6 is 11.5 Å². The van der Waals surface area contributed by atoms with Crippen molar-refractivity contribution in [2.45, 2.75) is 26.7 Å². The molecule has 0 aliphatic carbocycles. The van der Waals surface area contributed by atoms with E-state index in [9.17, 15) is 4.79 Å². The number of amides is 1. The summed E-state index contributed by atoms with van der Waals surface area (Å²) < 4.78 is 4.23. The number of carbonyl (C=O) groups excluding carboxylic acids is 1. The highest BCUT2D eigenvalue weighted by Gasteiger charge is 2.12. The molecule has 0 fully saturated rings. The Balaban J connectivity index is 1.98.